The van der Waals surface area contributed by atoms with Crippen molar-refractivity contribution in [1.29, 1.82) is 0 Å². The fraction of sp³-hybridized carbons (Fsp3) is 0.500. The summed E-state index contributed by atoms with van der Waals surface area (Å²) >= 11 is 0. The molecule has 1 amide bonds. The van der Waals surface area contributed by atoms with Gasteiger partial charge in [-0.2, -0.15) is 15.6 Å². The molecule has 0 fully saturated rings. The predicted octanol–water partition coefficient (Wildman–Crippen LogP) is 1.77. The Kier molecular flexibility index (Phi) is 4.45. The average molecular weight is 268 g/mol. The number of amides is 1. The lowest BCUT2D eigenvalue weighted by Gasteiger charge is -2.11. The van der Waals surface area contributed by atoms with Gasteiger partial charge in [0, 0.05) is 7.05 Å². The van der Waals surface area contributed by atoms with E-state index < -0.39 is 5.91 Å². The van der Waals surface area contributed by atoms with Crippen LogP contribution < -0.4 is 5.73 Å². The minimum atomic E-state index is -0.520. The third-order valence-corrected chi connectivity index (χ3v) is 4.74. The Labute approximate surface area is 110 Å². The van der Waals surface area contributed by atoms with Crippen molar-refractivity contribution in [1.82, 2.24) is 9.78 Å². The molecule has 5 nitrogen and oxygen atoms in total. The smallest absolute Gasteiger partial charge is 0.262 e. The molecule has 0 radical (unpaired) electrons. The van der Waals surface area contributed by atoms with E-state index in [4.69, 9.17) is 5.73 Å². The van der Waals surface area contributed by atoms with Crippen LogP contribution in [0.2, 0.25) is 0 Å². The first-order valence-electron chi connectivity index (χ1n) is 5.67. The minimum absolute atomic E-state index is 0.210. The SMILES string of the molecule is C=S(c1c(C)nn(C)c1N=C(C)C(N)=O)C(C)C. The standard InChI is InChI=1S/C12H20N4OS/c1-7(2)18(6)10-8(3)15-16(5)12(10)14-9(4)11(13)17/h7H,6H2,1-5H3,(H2,13,17). The number of rotatable bonds is 4. The van der Waals surface area contributed by atoms with Gasteiger partial charge in [0.15, 0.2) is 5.82 Å². The Bertz CT molecular complexity index is 528. The van der Waals surface area contributed by atoms with E-state index in [2.05, 4.69) is 29.8 Å². The quantitative estimate of drug-likeness (QED) is 0.667. The van der Waals surface area contributed by atoms with Gasteiger partial charge in [0.25, 0.3) is 5.91 Å². The summed E-state index contributed by atoms with van der Waals surface area (Å²) in [6.07, 6.45) is 0. The van der Waals surface area contributed by atoms with Crippen LogP contribution in [0.3, 0.4) is 0 Å². The molecule has 1 aromatic heterocycles. The van der Waals surface area contributed by atoms with E-state index in [1.807, 2.05) is 6.92 Å². The minimum Gasteiger partial charge on any atom is -0.365 e. The van der Waals surface area contributed by atoms with Gasteiger partial charge in [-0.1, -0.05) is 19.7 Å². The van der Waals surface area contributed by atoms with Crippen LogP contribution in [0.25, 0.3) is 0 Å². The maximum atomic E-state index is 11.1. The van der Waals surface area contributed by atoms with Gasteiger partial charge >= 0.3 is 0 Å². The molecule has 6 heteroatoms. The van der Waals surface area contributed by atoms with E-state index in [1.54, 1.807) is 18.7 Å². The molecule has 1 unspecified atom stereocenters. The van der Waals surface area contributed by atoms with Crippen LogP contribution >= 0.6 is 10.5 Å². The van der Waals surface area contributed by atoms with Crippen molar-refractivity contribution in [2.45, 2.75) is 37.8 Å². The number of aryl methyl sites for hydroxylation is 2. The summed E-state index contributed by atoms with van der Waals surface area (Å²) in [6, 6.07) is 0. The van der Waals surface area contributed by atoms with E-state index in [0.29, 0.717) is 11.1 Å². The molecular weight excluding hydrogens is 248 g/mol. The van der Waals surface area contributed by atoms with Crippen LogP contribution in [0.1, 0.15) is 26.5 Å². The lowest BCUT2D eigenvalue weighted by Crippen LogP contribution is -2.20. The van der Waals surface area contributed by atoms with Crippen molar-refractivity contribution in [2.75, 3.05) is 0 Å². The maximum absolute atomic E-state index is 11.1. The van der Waals surface area contributed by atoms with Crippen LogP contribution in [0.5, 0.6) is 0 Å². The van der Waals surface area contributed by atoms with Crippen LogP contribution in [0, 0.1) is 6.92 Å². The zero-order valence-electron chi connectivity index (χ0n) is 11.5. The van der Waals surface area contributed by atoms with Gasteiger partial charge in [0.1, 0.15) is 5.71 Å². The number of aromatic nitrogens is 2. The highest BCUT2D eigenvalue weighted by molar-refractivity contribution is 8.14. The van der Waals surface area contributed by atoms with Gasteiger partial charge < -0.3 is 5.73 Å². The Balaban J connectivity index is 3.40. The first-order chi connectivity index (χ1) is 8.25. The zero-order valence-corrected chi connectivity index (χ0v) is 12.3. The molecule has 1 rings (SSSR count). The van der Waals surface area contributed by atoms with Crippen molar-refractivity contribution >= 4 is 33.8 Å². The molecule has 2 N–H and O–H groups in total. The summed E-state index contributed by atoms with van der Waals surface area (Å²) in [5.74, 6) is 4.34. The molecule has 18 heavy (non-hydrogen) atoms. The summed E-state index contributed by atoms with van der Waals surface area (Å²) in [5.41, 5.74) is 6.39. The first-order valence-corrected chi connectivity index (χ1v) is 7.12. The van der Waals surface area contributed by atoms with E-state index in [9.17, 15) is 4.79 Å². The molecule has 0 spiro atoms. The lowest BCUT2D eigenvalue weighted by atomic mass is 10.4. The summed E-state index contributed by atoms with van der Waals surface area (Å²) in [5, 5.41) is 4.75. The molecule has 100 valence electrons. The zero-order chi connectivity index (χ0) is 14.0. The first kappa shape index (κ1) is 14.6. The van der Waals surface area contributed by atoms with Crippen LogP contribution in [0.15, 0.2) is 9.89 Å². The molecule has 1 aromatic rings. The average Bonchev–Trinajstić information content (AvgIpc) is 2.52. The van der Waals surface area contributed by atoms with Crippen molar-refractivity contribution < 1.29 is 4.79 Å². The number of carbonyl (C=O) groups excluding carboxylic acids is 1. The second kappa shape index (κ2) is 5.48. The molecule has 0 bridgehead atoms. The Hall–Kier alpha value is -1.43. The van der Waals surface area contributed by atoms with E-state index in [-0.39, 0.29) is 16.2 Å². The highest BCUT2D eigenvalue weighted by Gasteiger charge is 2.17. The van der Waals surface area contributed by atoms with Gasteiger partial charge in [0.2, 0.25) is 0 Å². The van der Waals surface area contributed by atoms with Crippen molar-refractivity contribution in [2.24, 2.45) is 17.8 Å². The van der Waals surface area contributed by atoms with Gasteiger partial charge in [-0.05, 0) is 19.1 Å². The Morgan fingerprint density at radius 3 is 2.56 bits per heavy atom. The maximum Gasteiger partial charge on any atom is 0.262 e. The van der Waals surface area contributed by atoms with E-state index in [0.717, 1.165) is 10.6 Å². The van der Waals surface area contributed by atoms with E-state index >= 15 is 0 Å². The molecule has 0 aliphatic rings. The number of carbonyl (C=O) groups is 1. The lowest BCUT2D eigenvalue weighted by molar-refractivity contribution is -0.112. The van der Waals surface area contributed by atoms with Gasteiger partial charge in [-0.25, -0.2) is 9.67 Å². The van der Waals surface area contributed by atoms with Crippen LogP contribution in [-0.4, -0.2) is 32.5 Å². The van der Waals surface area contributed by atoms with Crippen molar-refractivity contribution in [3.8, 4) is 0 Å². The number of primary amides is 1. The summed E-state index contributed by atoms with van der Waals surface area (Å²) in [7, 11) is 1.60. The molecule has 0 saturated heterocycles. The topological polar surface area (TPSA) is 73.3 Å². The second-order valence-electron chi connectivity index (χ2n) is 4.40. The summed E-state index contributed by atoms with van der Waals surface area (Å²) < 4.78 is 1.67. The van der Waals surface area contributed by atoms with Crippen molar-refractivity contribution in [3.05, 3.63) is 5.69 Å². The normalized spacial score (nSPS) is 14.0. The highest BCUT2D eigenvalue weighted by Crippen LogP contribution is 2.39. The predicted molar refractivity (Wildman–Crippen MR) is 78.0 cm³/mol. The number of hydrogen-bond donors (Lipinski definition) is 1. The fourth-order valence-corrected chi connectivity index (χ4v) is 2.81. The fourth-order valence-electron chi connectivity index (χ4n) is 1.51. The molecular formula is C12H20N4OS. The molecule has 0 aromatic carbocycles. The summed E-state index contributed by atoms with van der Waals surface area (Å²) in [4.78, 5) is 16.4. The van der Waals surface area contributed by atoms with Crippen LogP contribution in [0.4, 0.5) is 5.82 Å². The van der Waals surface area contributed by atoms with Crippen molar-refractivity contribution in [3.63, 3.8) is 0 Å². The van der Waals surface area contributed by atoms with Gasteiger partial charge in [-0.15, -0.1) is 0 Å². The largest absolute Gasteiger partial charge is 0.365 e. The van der Waals surface area contributed by atoms with Crippen LogP contribution in [-0.2, 0) is 11.8 Å². The van der Waals surface area contributed by atoms with Gasteiger partial charge in [0.05, 0.1) is 10.6 Å². The molecule has 0 aliphatic carbocycles. The molecule has 0 aliphatic heterocycles. The molecule has 0 saturated carbocycles. The molecule has 1 atom stereocenters. The van der Waals surface area contributed by atoms with Gasteiger partial charge in [-0.3, -0.25) is 4.79 Å². The summed E-state index contributed by atoms with van der Waals surface area (Å²) in [6.45, 7) is 7.75. The highest BCUT2D eigenvalue weighted by atomic mass is 32.2. The third-order valence-electron chi connectivity index (χ3n) is 2.60. The Morgan fingerprint density at radius 1 is 1.56 bits per heavy atom. The third kappa shape index (κ3) is 2.87. The number of aliphatic imine (C=N–C) groups is 1. The monoisotopic (exact) mass is 268 g/mol. The number of nitrogens with two attached hydrogens (primary N) is 1. The number of hydrogen-bond acceptors (Lipinski definition) is 3. The second-order valence-corrected chi connectivity index (χ2v) is 6.61. The number of nitrogens with zero attached hydrogens (tertiary/aromatic N) is 3. The van der Waals surface area contributed by atoms with E-state index in [1.165, 1.54) is 0 Å². The Morgan fingerprint density at radius 2 is 2.11 bits per heavy atom. The molecule has 1 heterocycles.